The number of carbonyl (C=O) groups is 1. The molecule has 2 rings (SSSR count). The predicted molar refractivity (Wildman–Crippen MR) is 78.0 cm³/mol. The monoisotopic (exact) mass is 297 g/mol. The van der Waals surface area contributed by atoms with Gasteiger partial charge in [-0.2, -0.15) is 0 Å². The number of hydrogen-bond acceptors (Lipinski definition) is 4. The van der Waals surface area contributed by atoms with Gasteiger partial charge in [0.15, 0.2) is 10.1 Å². The van der Waals surface area contributed by atoms with Crippen molar-refractivity contribution in [1.82, 2.24) is 4.98 Å². The van der Waals surface area contributed by atoms with Crippen molar-refractivity contribution in [2.75, 3.05) is 0 Å². The van der Waals surface area contributed by atoms with Gasteiger partial charge in [0.1, 0.15) is 0 Å². The Balaban J connectivity index is 2.09. The zero-order chi connectivity index (χ0) is 13.1. The minimum Gasteiger partial charge on any atom is -0.293 e. The molecule has 0 bridgehead atoms. The van der Waals surface area contributed by atoms with Gasteiger partial charge in [0.2, 0.25) is 0 Å². The molecular formula is C13H12ClNOS2. The largest absolute Gasteiger partial charge is 0.293 e. The van der Waals surface area contributed by atoms with Crippen molar-refractivity contribution in [2.45, 2.75) is 23.4 Å². The summed E-state index contributed by atoms with van der Waals surface area (Å²) >= 11 is 8.94. The maximum absolute atomic E-state index is 12.2. The minimum absolute atomic E-state index is 0.0790. The summed E-state index contributed by atoms with van der Waals surface area (Å²) in [6.07, 6.45) is 0. The first-order valence-corrected chi connectivity index (χ1v) is 7.58. The van der Waals surface area contributed by atoms with Gasteiger partial charge in [-0.15, -0.1) is 11.3 Å². The summed E-state index contributed by atoms with van der Waals surface area (Å²) in [7, 11) is 0. The lowest BCUT2D eigenvalue weighted by molar-refractivity contribution is 0.0994. The molecule has 1 aromatic carbocycles. The number of benzene rings is 1. The number of thiazole rings is 1. The normalized spacial score (nSPS) is 12.4. The van der Waals surface area contributed by atoms with Gasteiger partial charge >= 0.3 is 0 Å². The molecule has 0 aliphatic rings. The van der Waals surface area contributed by atoms with Gasteiger partial charge in [-0.25, -0.2) is 4.98 Å². The fourth-order valence-corrected chi connectivity index (χ4v) is 3.72. The summed E-state index contributed by atoms with van der Waals surface area (Å²) in [5.41, 5.74) is 1.64. The zero-order valence-electron chi connectivity index (χ0n) is 10.0. The summed E-state index contributed by atoms with van der Waals surface area (Å²) in [6, 6.07) is 7.05. The first-order chi connectivity index (χ1) is 8.56. The smallest absolute Gasteiger partial charge is 0.176 e. The molecule has 18 heavy (non-hydrogen) atoms. The molecule has 0 saturated carbocycles. The Morgan fingerprint density at radius 2 is 2.28 bits per heavy atom. The van der Waals surface area contributed by atoms with Crippen LogP contribution in [-0.2, 0) is 0 Å². The molecule has 0 fully saturated rings. The Morgan fingerprint density at radius 3 is 2.89 bits per heavy atom. The molecule has 1 heterocycles. The summed E-state index contributed by atoms with van der Waals surface area (Å²) < 4.78 is 0.926. The fraction of sp³-hybridized carbons (Fsp3) is 0.231. The zero-order valence-corrected chi connectivity index (χ0v) is 12.4. The van der Waals surface area contributed by atoms with Crippen LogP contribution in [0.4, 0.5) is 0 Å². The van der Waals surface area contributed by atoms with Crippen LogP contribution in [0.5, 0.6) is 0 Å². The second-order valence-corrected chi connectivity index (χ2v) is 6.77. The molecule has 0 aliphatic heterocycles. The van der Waals surface area contributed by atoms with Gasteiger partial charge in [-0.3, -0.25) is 4.79 Å². The molecule has 1 atom stereocenters. The van der Waals surface area contributed by atoms with Crippen molar-refractivity contribution >= 4 is 40.5 Å². The molecule has 0 aliphatic carbocycles. The number of ketones is 1. The highest BCUT2D eigenvalue weighted by atomic mass is 35.5. The number of aromatic nitrogens is 1. The van der Waals surface area contributed by atoms with Crippen molar-refractivity contribution in [3.8, 4) is 0 Å². The number of carbonyl (C=O) groups excluding carboxylic acids is 1. The fourth-order valence-electron chi connectivity index (χ4n) is 1.47. The van der Waals surface area contributed by atoms with E-state index >= 15 is 0 Å². The minimum atomic E-state index is -0.158. The van der Waals surface area contributed by atoms with Gasteiger partial charge in [-0.1, -0.05) is 35.5 Å². The number of nitrogens with zero attached hydrogens (tertiary/aromatic N) is 1. The average molecular weight is 298 g/mol. The van der Waals surface area contributed by atoms with Crippen molar-refractivity contribution in [3.05, 3.63) is 45.9 Å². The van der Waals surface area contributed by atoms with E-state index in [1.165, 1.54) is 11.8 Å². The van der Waals surface area contributed by atoms with E-state index in [0.29, 0.717) is 10.6 Å². The summed E-state index contributed by atoms with van der Waals surface area (Å²) in [6.45, 7) is 3.84. The second-order valence-electron chi connectivity index (χ2n) is 3.89. The Hall–Kier alpha value is -0.840. The van der Waals surface area contributed by atoms with E-state index in [0.717, 1.165) is 10.0 Å². The number of thioether (sulfide) groups is 1. The summed E-state index contributed by atoms with van der Waals surface area (Å²) in [5.74, 6) is 0.0790. The maximum atomic E-state index is 12.2. The molecule has 1 unspecified atom stereocenters. The summed E-state index contributed by atoms with van der Waals surface area (Å²) in [4.78, 5) is 16.6. The number of halogens is 1. The van der Waals surface area contributed by atoms with Crippen LogP contribution < -0.4 is 0 Å². The third-order valence-corrected chi connectivity index (χ3v) is 4.78. The van der Waals surface area contributed by atoms with Crippen LogP contribution in [0.2, 0.25) is 5.02 Å². The molecule has 0 N–H and O–H groups in total. The Morgan fingerprint density at radius 1 is 1.50 bits per heavy atom. The highest BCUT2D eigenvalue weighted by molar-refractivity contribution is 8.02. The maximum Gasteiger partial charge on any atom is 0.176 e. The molecule has 0 spiro atoms. The quantitative estimate of drug-likeness (QED) is 0.616. The van der Waals surface area contributed by atoms with Crippen LogP contribution in [0.15, 0.2) is 34.0 Å². The molecule has 2 aromatic rings. The van der Waals surface area contributed by atoms with E-state index in [-0.39, 0.29) is 11.0 Å². The number of Topliss-reactive ketones (excluding diaryl/α,β-unsaturated/α-hetero) is 1. The Bertz CT molecular complexity index is 568. The van der Waals surface area contributed by atoms with E-state index in [2.05, 4.69) is 4.98 Å². The van der Waals surface area contributed by atoms with E-state index < -0.39 is 0 Å². The lowest BCUT2D eigenvalue weighted by Gasteiger charge is -2.08. The topological polar surface area (TPSA) is 30.0 Å². The van der Waals surface area contributed by atoms with Crippen molar-refractivity contribution in [1.29, 1.82) is 0 Å². The van der Waals surface area contributed by atoms with Gasteiger partial charge in [-0.05, 0) is 26.0 Å². The molecule has 2 nitrogen and oxygen atoms in total. The van der Waals surface area contributed by atoms with Crippen molar-refractivity contribution < 1.29 is 4.79 Å². The highest BCUT2D eigenvalue weighted by Gasteiger charge is 2.18. The third kappa shape index (κ3) is 3.34. The van der Waals surface area contributed by atoms with Crippen LogP contribution >= 0.6 is 34.7 Å². The summed E-state index contributed by atoms with van der Waals surface area (Å²) in [5, 5.41) is 2.41. The molecule has 0 amide bonds. The van der Waals surface area contributed by atoms with Gasteiger partial charge < -0.3 is 0 Å². The van der Waals surface area contributed by atoms with E-state index in [1.54, 1.807) is 35.6 Å². The average Bonchev–Trinajstić information content (AvgIpc) is 2.73. The highest BCUT2D eigenvalue weighted by Crippen LogP contribution is 2.28. The van der Waals surface area contributed by atoms with Crippen molar-refractivity contribution in [3.63, 3.8) is 0 Å². The molecule has 0 radical (unpaired) electrons. The molecule has 5 heteroatoms. The van der Waals surface area contributed by atoms with Gasteiger partial charge in [0, 0.05) is 21.7 Å². The van der Waals surface area contributed by atoms with E-state index in [1.807, 2.05) is 19.2 Å². The second kappa shape index (κ2) is 5.87. The molecule has 0 saturated heterocycles. The first-order valence-electron chi connectivity index (χ1n) is 5.45. The first kappa shape index (κ1) is 13.6. The third-order valence-electron chi connectivity index (χ3n) is 2.35. The lowest BCUT2D eigenvalue weighted by Crippen LogP contribution is -2.13. The van der Waals surface area contributed by atoms with Crippen LogP contribution in [0, 0.1) is 6.92 Å². The van der Waals surface area contributed by atoms with Gasteiger partial charge in [0.05, 0.1) is 5.25 Å². The number of rotatable bonds is 4. The lowest BCUT2D eigenvalue weighted by atomic mass is 10.1. The molecular weight excluding hydrogens is 286 g/mol. The van der Waals surface area contributed by atoms with Crippen LogP contribution in [0.25, 0.3) is 0 Å². The Labute approximate surface area is 119 Å². The molecule has 1 aromatic heterocycles. The van der Waals surface area contributed by atoms with Crippen LogP contribution in [-0.4, -0.2) is 16.0 Å². The van der Waals surface area contributed by atoms with Crippen LogP contribution in [0.3, 0.4) is 0 Å². The predicted octanol–water partition coefficient (Wildman–Crippen LogP) is 4.47. The van der Waals surface area contributed by atoms with E-state index in [9.17, 15) is 4.79 Å². The number of hydrogen-bond donors (Lipinski definition) is 0. The standard InChI is InChI=1S/C13H12ClNOS2/c1-8-7-17-13(15-8)18-9(2)12(16)10-4-3-5-11(14)6-10/h3-7,9H,1-2H3. The SMILES string of the molecule is Cc1csc(SC(C)C(=O)c2cccc(Cl)c2)n1. The van der Waals surface area contributed by atoms with Crippen molar-refractivity contribution in [2.24, 2.45) is 0 Å². The Kier molecular flexibility index (Phi) is 4.43. The number of aryl methyl sites for hydroxylation is 1. The van der Waals surface area contributed by atoms with E-state index in [4.69, 9.17) is 11.6 Å². The van der Waals surface area contributed by atoms with Crippen LogP contribution in [0.1, 0.15) is 23.0 Å². The van der Waals surface area contributed by atoms with Gasteiger partial charge in [0.25, 0.3) is 0 Å². The molecule has 94 valence electrons.